The van der Waals surface area contributed by atoms with E-state index >= 15 is 0 Å². The summed E-state index contributed by atoms with van der Waals surface area (Å²) in [6.45, 7) is 2.34. The minimum Gasteiger partial charge on any atom is -0.381 e. The van der Waals surface area contributed by atoms with Crippen LogP contribution in [0, 0.1) is 17.1 Å². The van der Waals surface area contributed by atoms with Gasteiger partial charge in [0.05, 0.1) is 17.1 Å². The summed E-state index contributed by atoms with van der Waals surface area (Å²) in [5.41, 5.74) is 3.64. The van der Waals surface area contributed by atoms with Crippen molar-refractivity contribution in [2.24, 2.45) is 5.92 Å². The average molecular weight is 440 g/mol. The molecule has 0 spiro atoms. The van der Waals surface area contributed by atoms with E-state index in [2.05, 4.69) is 20.6 Å². The zero-order chi connectivity index (χ0) is 21.6. The van der Waals surface area contributed by atoms with Gasteiger partial charge in [0.2, 0.25) is 0 Å². The van der Waals surface area contributed by atoms with Crippen LogP contribution in [-0.2, 0) is 4.74 Å². The lowest BCUT2D eigenvalue weighted by molar-refractivity contribution is 0.0699. The third-order valence-electron chi connectivity index (χ3n) is 5.27. The number of nitrogens with zero attached hydrogens (tertiary/aromatic N) is 2. The lowest BCUT2D eigenvalue weighted by atomic mass is 10.0. The Kier molecular flexibility index (Phi) is 6.74. The highest BCUT2D eigenvalue weighted by molar-refractivity contribution is 6.30. The van der Waals surface area contributed by atoms with Crippen molar-refractivity contribution in [1.29, 1.82) is 5.41 Å². The maximum atomic E-state index is 14.3. The van der Waals surface area contributed by atoms with Crippen molar-refractivity contribution >= 4 is 34.9 Å². The molecule has 160 valence electrons. The minimum atomic E-state index is -0.386. The smallest absolute Gasteiger partial charge is 0.132 e. The van der Waals surface area contributed by atoms with Crippen molar-refractivity contribution in [2.45, 2.75) is 12.8 Å². The number of nitrogens with one attached hydrogen (secondary N) is 3. The number of hydrogen-bond donors (Lipinski definition) is 3. The molecule has 6 nitrogen and oxygen atoms in total. The first-order valence-electron chi connectivity index (χ1n) is 10.1. The van der Waals surface area contributed by atoms with Gasteiger partial charge in [0.15, 0.2) is 0 Å². The molecule has 31 heavy (non-hydrogen) atoms. The first-order valence-corrected chi connectivity index (χ1v) is 10.5. The van der Waals surface area contributed by atoms with Gasteiger partial charge in [-0.2, -0.15) is 0 Å². The highest BCUT2D eigenvalue weighted by Gasteiger charge is 2.16. The van der Waals surface area contributed by atoms with Gasteiger partial charge in [0.1, 0.15) is 11.5 Å². The van der Waals surface area contributed by atoms with E-state index in [9.17, 15) is 4.39 Å². The van der Waals surface area contributed by atoms with Crippen molar-refractivity contribution in [3.8, 4) is 11.3 Å². The van der Waals surface area contributed by atoms with E-state index in [4.69, 9.17) is 21.7 Å². The van der Waals surface area contributed by atoms with Crippen molar-refractivity contribution in [3.05, 3.63) is 65.3 Å². The summed E-state index contributed by atoms with van der Waals surface area (Å²) in [4.78, 5) is 8.60. The third-order valence-corrected chi connectivity index (χ3v) is 5.50. The van der Waals surface area contributed by atoms with E-state index in [1.54, 1.807) is 30.6 Å². The van der Waals surface area contributed by atoms with Crippen LogP contribution >= 0.6 is 11.6 Å². The van der Waals surface area contributed by atoms with Crippen LogP contribution in [0.4, 0.5) is 21.5 Å². The maximum Gasteiger partial charge on any atom is 0.132 e. The van der Waals surface area contributed by atoms with Crippen molar-refractivity contribution in [1.82, 2.24) is 9.97 Å². The van der Waals surface area contributed by atoms with E-state index in [0.717, 1.165) is 49.7 Å². The molecule has 0 bridgehead atoms. The molecule has 2 aromatic heterocycles. The van der Waals surface area contributed by atoms with E-state index in [1.165, 1.54) is 18.3 Å². The Morgan fingerprint density at radius 2 is 1.94 bits per heavy atom. The molecule has 0 atom stereocenters. The molecule has 3 N–H and O–H groups in total. The Hall–Kier alpha value is -3.03. The van der Waals surface area contributed by atoms with E-state index in [0.29, 0.717) is 27.9 Å². The Morgan fingerprint density at radius 3 is 2.74 bits per heavy atom. The first kappa shape index (κ1) is 21.2. The molecular weight excluding hydrogens is 417 g/mol. The summed E-state index contributed by atoms with van der Waals surface area (Å²) in [5.74, 6) is 0.126. The summed E-state index contributed by atoms with van der Waals surface area (Å²) in [6, 6.07) is 9.81. The Labute approximate surface area is 185 Å². The van der Waals surface area contributed by atoms with E-state index in [1.807, 2.05) is 6.07 Å². The summed E-state index contributed by atoms with van der Waals surface area (Å²) in [5, 5.41) is 15.0. The monoisotopic (exact) mass is 439 g/mol. The molecule has 0 aliphatic carbocycles. The maximum absolute atomic E-state index is 14.3. The molecule has 3 heterocycles. The van der Waals surface area contributed by atoms with Crippen LogP contribution < -0.4 is 10.6 Å². The highest BCUT2D eigenvalue weighted by Crippen LogP contribution is 2.31. The zero-order valence-corrected chi connectivity index (χ0v) is 17.6. The van der Waals surface area contributed by atoms with Gasteiger partial charge < -0.3 is 20.8 Å². The van der Waals surface area contributed by atoms with Crippen LogP contribution in [0.25, 0.3) is 11.3 Å². The number of anilines is 3. The molecule has 0 saturated carbocycles. The topological polar surface area (TPSA) is 82.9 Å². The van der Waals surface area contributed by atoms with Crippen LogP contribution in [0.15, 0.2) is 48.8 Å². The van der Waals surface area contributed by atoms with Crippen molar-refractivity contribution in [3.63, 3.8) is 0 Å². The van der Waals surface area contributed by atoms with Crippen LogP contribution in [0.2, 0.25) is 5.02 Å². The largest absolute Gasteiger partial charge is 0.381 e. The van der Waals surface area contributed by atoms with Crippen molar-refractivity contribution < 1.29 is 9.13 Å². The molecule has 4 rings (SSSR count). The SMILES string of the molecule is N=Cc1nccc(Nc2ccnc(-c3cc(Cl)ccc3F)c2)c1NCC1CCOCC1. The predicted octanol–water partition coefficient (Wildman–Crippen LogP) is 5.52. The summed E-state index contributed by atoms with van der Waals surface area (Å²) < 4.78 is 19.7. The van der Waals surface area contributed by atoms with Crippen LogP contribution in [0.1, 0.15) is 18.5 Å². The highest BCUT2D eigenvalue weighted by atomic mass is 35.5. The predicted molar refractivity (Wildman–Crippen MR) is 122 cm³/mol. The normalized spacial score (nSPS) is 14.3. The fourth-order valence-corrected chi connectivity index (χ4v) is 3.75. The molecule has 1 aliphatic heterocycles. The quantitative estimate of drug-likeness (QED) is 0.422. The molecule has 1 saturated heterocycles. The number of hydrogen-bond acceptors (Lipinski definition) is 6. The number of rotatable bonds is 7. The Bertz CT molecular complexity index is 1070. The van der Waals surface area contributed by atoms with Crippen molar-refractivity contribution in [2.75, 3.05) is 30.4 Å². The summed E-state index contributed by atoms with van der Waals surface area (Å²) in [6.07, 6.45) is 6.52. The molecule has 3 aromatic rings. The fourth-order valence-electron chi connectivity index (χ4n) is 3.58. The fraction of sp³-hybridized carbons (Fsp3) is 0.261. The molecule has 0 amide bonds. The van der Waals surface area contributed by atoms with Crippen LogP contribution in [0.5, 0.6) is 0 Å². The number of benzene rings is 1. The lowest BCUT2D eigenvalue weighted by Crippen LogP contribution is -2.23. The third kappa shape index (κ3) is 5.18. The molecule has 1 aliphatic rings. The number of pyridine rings is 2. The zero-order valence-electron chi connectivity index (χ0n) is 16.9. The van der Waals surface area contributed by atoms with E-state index in [-0.39, 0.29) is 5.82 Å². The first-order chi connectivity index (χ1) is 15.1. The van der Waals surface area contributed by atoms with Gasteiger partial charge in [0.25, 0.3) is 0 Å². The van der Waals surface area contributed by atoms with E-state index < -0.39 is 0 Å². The summed E-state index contributed by atoms with van der Waals surface area (Å²) in [7, 11) is 0. The van der Waals surface area contributed by atoms with Gasteiger partial charge in [0, 0.05) is 54.6 Å². The second-order valence-electron chi connectivity index (χ2n) is 7.38. The van der Waals surface area contributed by atoms with Gasteiger partial charge in [-0.15, -0.1) is 0 Å². The van der Waals surface area contributed by atoms with Crippen LogP contribution in [0.3, 0.4) is 0 Å². The lowest BCUT2D eigenvalue weighted by Gasteiger charge is -2.24. The number of halogens is 2. The summed E-state index contributed by atoms with van der Waals surface area (Å²) >= 11 is 6.03. The Morgan fingerprint density at radius 1 is 1.13 bits per heavy atom. The standard InChI is InChI=1S/C23H23ClFN5O/c24-16-1-2-19(25)18(11-16)21-12-17(3-7-27-21)30-20-4-8-28-22(13-26)23(20)29-14-15-5-9-31-10-6-15/h1-4,7-8,11-13,15,26,29H,5-6,9-10,14H2,(H,27,28,30). The van der Waals surface area contributed by atoms with Gasteiger partial charge in [-0.1, -0.05) is 11.6 Å². The van der Waals surface area contributed by atoms with Gasteiger partial charge >= 0.3 is 0 Å². The molecule has 1 fully saturated rings. The second kappa shape index (κ2) is 9.85. The Balaban J connectivity index is 1.59. The molecule has 1 aromatic carbocycles. The minimum absolute atomic E-state index is 0.337. The van der Waals surface area contributed by atoms with Gasteiger partial charge in [-0.05, 0) is 55.2 Å². The average Bonchev–Trinajstić information content (AvgIpc) is 2.80. The number of ether oxygens (including phenoxy) is 1. The molecule has 8 heteroatoms. The molecular formula is C23H23ClFN5O. The molecule has 0 radical (unpaired) electrons. The number of aromatic nitrogens is 2. The van der Waals surface area contributed by atoms with Gasteiger partial charge in [-0.25, -0.2) is 4.39 Å². The second-order valence-corrected chi connectivity index (χ2v) is 7.82. The van der Waals surface area contributed by atoms with Gasteiger partial charge in [-0.3, -0.25) is 9.97 Å². The molecule has 0 unspecified atom stereocenters. The van der Waals surface area contributed by atoms with Crippen LogP contribution in [-0.4, -0.2) is 35.9 Å².